The maximum atomic E-state index is 11.3. The predicted molar refractivity (Wildman–Crippen MR) is 75.3 cm³/mol. The Labute approximate surface area is 109 Å². The number of hydrogen-bond acceptors (Lipinski definition) is 2. The maximum absolute atomic E-state index is 11.3. The van der Waals surface area contributed by atoms with Crippen LogP contribution in [0.4, 0.5) is 0 Å². The summed E-state index contributed by atoms with van der Waals surface area (Å²) in [6.07, 6.45) is 17.1. The lowest BCUT2D eigenvalue weighted by molar-refractivity contribution is -0.111. The number of hydrogen-bond donors (Lipinski definition) is 1. The summed E-state index contributed by atoms with van der Waals surface area (Å²) in [4.78, 5) is 11.3. The number of carbonyl (C=O) groups is 1. The first kappa shape index (κ1) is 14.7. The quantitative estimate of drug-likeness (QED) is 0.551. The smallest absolute Gasteiger partial charge is 0.181 e. The molecule has 0 amide bonds. The molecule has 0 fully saturated rings. The van der Waals surface area contributed by atoms with Crippen molar-refractivity contribution < 1.29 is 9.90 Å². The fourth-order valence-corrected chi connectivity index (χ4v) is 1.75. The van der Waals surface area contributed by atoms with Crippen LogP contribution >= 0.6 is 0 Å². The highest BCUT2D eigenvalue weighted by Crippen LogP contribution is 2.14. The fraction of sp³-hybridized carbons (Fsp3) is 0.438. The van der Waals surface area contributed by atoms with E-state index in [2.05, 4.69) is 25.2 Å². The van der Waals surface area contributed by atoms with Crippen LogP contribution in [0.5, 0.6) is 0 Å². The second-order valence-corrected chi connectivity index (χ2v) is 4.41. The molecule has 2 nitrogen and oxygen atoms in total. The second-order valence-electron chi connectivity index (χ2n) is 4.41. The summed E-state index contributed by atoms with van der Waals surface area (Å²) in [7, 11) is 0. The summed E-state index contributed by atoms with van der Waals surface area (Å²) in [5.41, 5.74) is 0.809. The van der Waals surface area contributed by atoms with Crippen LogP contribution < -0.4 is 0 Å². The van der Waals surface area contributed by atoms with Crippen LogP contribution in [0.15, 0.2) is 48.1 Å². The van der Waals surface area contributed by atoms with Crippen LogP contribution in [0.2, 0.25) is 0 Å². The van der Waals surface area contributed by atoms with Crippen molar-refractivity contribution in [3.05, 3.63) is 48.1 Å². The van der Waals surface area contributed by atoms with Gasteiger partial charge in [-0.3, -0.25) is 4.79 Å². The summed E-state index contributed by atoms with van der Waals surface area (Å²) in [5, 5.41) is 9.75. The van der Waals surface area contributed by atoms with Crippen molar-refractivity contribution in [2.24, 2.45) is 0 Å². The van der Waals surface area contributed by atoms with Crippen molar-refractivity contribution in [1.82, 2.24) is 0 Å². The first-order valence-corrected chi connectivity index (χ1v) is 6.62. The molecule has 0 aliphatic heterocycles. The summed E-state index contributed by atoms with van der Waals surface area (Å²) in [6, 6.07) is 0. The Morgan fingerprint density at radius 2 is 2.06 bits per heavy atom. The molecule has 0 radical (unpaired) electrons. The molecule has 1 N–H and O–H groups in total. The molecule has 0 aromatic carbocycles. The average Bonchev–Trinajstić information content (AvgIpc) is 2.77. The molecule has 0 bridgehead atoms. The zero-order chi connectivity index (χ0) is 13.2. The van der Waals surface area contributed by atoms with Gasteiger partial charge in [0, 0.05) is 0 Å². The number of ketones is 1. The van der Waals surface area contributed by atoms with E-state index in [1.54, 1.807) is 6.08 Å². The van der Waals surface area contributed by atoms with Gasteiger partial charge in [0.05, 0.1) is 6.10 Å². The van der Waals surface area contributed by atoms with Crippen molar-refractivity contribution in [3.8, 4) is 0 Å². The SMILES string of the molecule is CC/C=C\C/C=C\C[C@H](O)C/C=C1\CC=CC1=O. The van der Waals surface area contributed by atoms with Crippen LogP contribution in [0.1, 0.15) is 39.0 Å². The number of carbonyl (C=O) groups excluding carboxylic acids is 1. The van der Waals surface area contributed by atoms with E-state index in [-0.39, 0.29) is 5.78 Å². The van der Waals surface area contributed by atoms with Gasteiger partial charge >= 0.3 is 0 Å². The minimum absolute atomic E-state index is 0.0856. The molecule has 0 aromatic rings. The largest absolute Gasteiger partial charge is 0.392 e. The van der Waals surface area contributed by atoms with Crippen LogP contribution in [0.25, 0.3) is 0 Å². The molecule has 1 atom stereocenters. The summed E-state index contributed by atoms with van der Waals surface area (Å²) >= 11 is 0. The van der Waals surface area contributed by atoms with Gasteiger partial charge in [0.25, 0.3) is 0 Å². The van der Waals surface area contributed by atoms with Crippen molar-refractivity contribution in [3.63, 3.8) is 0 Å². The molecule has 1 aliphatic carbocycles. The Morgan fingerprint density at radius 3 is 2.72 bits per heavy atom. The first-order chi connectivity index (χ1) is 8.74. The van der Waals surface area contributed by atoms with E-state index in [1.807, 2.05) is 18.2 Å². The van der Waals surface area contributed by atoms with Gasteiger partial charge in [-0.2, -0.15) is 0 Å². The molecule has 0 aromatic heterocycles. The Kier molecular flexibility index (Phi) is 7.04. The van der Waals surface area contributed by atoms with Crippen LogP contribution in [0, 0.1) is 0 Å². The number of rotatable bonds is 7. The van der Waals surface area contributed by atoms with Gasteiger partial charge in [-0.05, 0) is 43.8 Å². The van der Waals surface area contributed by atoms with Gasteiger partial charge in [0.2, 0.25) is 0 Å². The zero-order valence-electron chi connectivity index (χ0n) is 11.0. The van der Waals surface area contributed by atoms with Gasteiger partial charge in [-0.15, -0.1) is 0 Å². The lowest BCUT2D eigenvalue weighted by Crippen LogP contribution is -2.04. The molecule has 1 rings (SSSR count). The van der Waals surface area contributed by atoms with Crippen LogP contribution in [-0.2, 0) is 4.79 Å². The molecular formula is C16H22O2. The minimum atomic E-state index is -0.391. The number of allylic oxidation sites excluding steroid dienone is 6. The molecule has 0 saturated heterocycles. The summed E-state index contributed by atoms with van der Waals surface area (Å²) < 4.78 is 0. The standard InChI is InChI=1S/C16H22O2/c1-2-3-4-5-6-7-10-15(17)13-12-14-9-8-11-16(14)18/h3-4,6-8,11-12,15,17H,2,5,9-10,13H2,1H3/b4-3-,7-6-,14-12+/t15-/m0/s1. The van der Waals surface area contributed by atoms with E-state index < -0.39 is 6.10 Å². The summed E-state index contributed by atoms with van der Waals surface area (Å²) in [6.45, 7) is 2.11. The zero-order valence-corrected chi connectivity index (χ0v) is 11.0. The van der Waals surface area contributed by atoms with Crippen molar-refractivity contribution in [2.75, 3.05) is 0 Å². The van der Waals surface area contributed by atoms with Gasteiger partial charge in [-0.1, -0.05) is 43.4 Å². The predicted octanol–water partition coefficient (Wildman–Crippen LogP) is 3.50. The lowest BCUT2D eigenvalue weighted by Gasteiger charge is -2.04. The molecular weight excluding hydrogens is 224 g/mol. The molecule has 18 heavy (non-hydrogen) atoms. The van der Waals surface area contributed by atoms with E-state index in [1.165, 1.54) is 0 Å². The molecule has 0 spiro atoms. The van der Waals surface area contributed by atoms with Gasteiger partial charge in [0.1, 0.15) is 0 Å². The monoisotopic (exact) mass is 246 g/mol. The van der Waals surface area contributed by atoms with Crippen LogP contribution in [0.3, 0.4) is 0 Å². The topological polar surface area (TPSA) is 37.3 Å². The van der Waals surface area contributed by atoms with E-state index in [0.717, 1.165) is 18.4 Å². The Morgan fingerprint density at radius 1 is 1.28 bits per heavy atom. The molecule has 0 saturated carbocycles. The van der Waals surface area contributed by atoms with Gasteiger partial charge < -0.3 is 5.11 Å². The lowest BCUT2D eigenvalue weighted by atomic mass is 10.1. The van der Waals surface area contributed by atoms with E-state index in [9.17, 15) is 9.90 Å². The number of aliphatic hydroxyl groups is 1. The van der Waals surface area contributed by atoms with Crippen molar-refractivity contribution in [1.29, 1.82) is 0 Å². The Bertz CT molecular complexity index is 373. The maximum Gasteiger partial charge on any atom is 0.181 e. The Balaban J connectivity index is 2.19. The second kappa shape index (κ2) is 8.65. The van der Waals surface area contributed by atoms with Gasteiger partial charge in [0.15, 0.2) is 5.78 Å². The Hall–Kier alpha value is -1.41. The third-order valence-corrected chi connectivity index (χ3v) is 2.81. The molecule has 0 unspecified atom stereocenters. The molecule has 0 heterocycles. The van der Waals surface area contributed by atoms with Crippen LogP contribution in [-0.4, -0.2) is 17.0 Å². The first-order valence-electron chi connectivity index (χ1n) is 6.62. The van der Waals surface area contributed by atoms with E-state index in [4.69, 9.17) is 0 Å². The fourth-order valence-electron chi connectivity index (χ4n) is 1.75. The third-order valence-electron chi connectivity index (χ3n) is 2.81. The third kappa shape index (κ3) is 5.78. The highest BCUT2D eigenvalue weighted by atomic mass is 16.3. The normalized spacial score (nSPS) is 19.7. The van der Waals surface area contributed by atoms with Crippen molar-refractivity contribution in [2.45, 2.75) is 45.1 Å². The van der Waals surface area contributed by atoms with E-state index >= 15 is 0 Å². The van der Waals surface area contributed by atoms with Gasteiger partial charge in [-0.25, -0.2) is 0 Å². The van der Waals surface area contributed by atoms with E-state index in [0.29, 0.717) is 19.3 Å². The average molecular weight is 246 g/mol. The molecule has 98 valence electrons. The molecule has 2 heteroatoms. The summed E-state index contributed by atoms with van der Waals surface area (Å²) in [5.74, 6) is 0.0856. The number of aliphatic hydroxyl groups excluding tert-OH is 1. The molecule has 1 aliphatic rings. The highest BCUT2D eigenvalue weighted by Gasteiger charge is 2.10. The highest BCUT2D eigenvalue weighted by molar-refractivity contribution is 6.06. The minimum Gasteiger partial charge on any atom is -0.392 e. The van der Waals surface area contributed by atoms with Crippen molar-refractivity contribution >= 4 is 5.78 Å².